The average Bonchev–Trinajstić information content (AvgIpc) is 3.00. The molecule has 2 aliphatic rings. The molecule has 0 atom stereocenters. The fourth-order valence-electron chi connectivity index (χ4n) is 3.48. The van der Waals surface area contributed by atoms with Crippen LogP contribution in [0.5, 0.6) is 0 Å². The number of fused-ring (bicyclic) bond motifs is 1. The molecule has 2 aliphatic heterocycles. The van der Waals surface area contributed by atoms with Crippen LogP contribution in [0.15, 0.2) is 24.3 Å². The number of aromatic nitrogens is 2. The van der Waals surface area contributed by atoms with E-state index in [4.69, 9.17) is 4.74 Å². The SMILES string of the molecule is C1=C(c2[nH]nc3c(C4CCOCC4)cccc23)CNCC1. The standard InChI is InChI=1S/C17H21N3O/c1-4-14(12-6-9-21-10-7-12)17-15(5-1)16(19-20-17)13-3-2-8-18-11-13/h1,3-5,12,18H,2,6-11H2,(H,19,20). The highest BCUT2D eigenvalue weighted by Crippen LogP contribution is 2.33. The van der Waals surface area contributed by atoms with Gasteiger partial charge in [-0.2, -0.15) is 5.10 Å². The average molecular weight is 283 g/mol. The highest BCUT2D eigenvalue weighted by Gasteiger charge is 2.21. The van der Waals surface area contributed by atoms with Crippen LogP contribution in [-0.2, 0) is 4.74 Å². The fraction of sp³-hybridized carbons (Fsp3) is 0.471. The van der Waals surface area contributed by atoms with E-state index in [0.717, 1.165) is 51.1 Å². The molecule has 0 spiro atoms. The van der Waals surface area contributed by atoms with Crippen molar-refractivity contribution < 1.29 is 4.74 Å². The molecule has 0 amide bonds. The third-order valence-corrected chi connectivity index (χ3v) is 4.63. The summed E-state index contributed by atoms with van der Waals surface area (Å²) in [4.78, 5) is 0. The Morgan fingerprint density at radius 2 is 2.10 bits per heavy atom. The number of ether oxygens (including phenoxy) is 1. The predicted molar refractivity (Wildman–Crippen MR) is 84.4 cm³/mol. The molecule has 0 aliphatic carbocycles. The number of hydrogen-bond acceptors (Lipinski definition) is 3. The van der Waals surface area contributed by atoms with Gasteiger partial charge < -0.3 is 10.1 Å². The van der Waals surface area contributed by atoms with Gasteiger partial charge in [0.05, 0.1) is 11.2 Å². The molecule has 0 radical (unpaired) electrons. The molecular formula is C17H21N3O. The number of nitrogens with one attached hydrogen (secondary N) is 2. The van der Waals surface area contributed by atoms with Crippen LogP contribution >= 0.6 is 0 Å². The monoisotopic (exact) mass is 283 g/mol. The Morgan fingerprint density at radius 1 is 1.19 bits per heavy atom. The number of benzene rings is 1. The molecule has 110 valence electrons. The Kier molecular flexibility index (Phi) is 3.49. The molecule has 2 N–H and O–H groups in total. The maximum atomic E-state index is 5.49. The highest BCUT2D eigenvalue weighted by molar-refractivity contribution is 5.92. The molecule has 4 nitrogen and oxygen atoms in total. The Balaban J connectivity index is 1.77. The molecule has 3 heterocycles. The van der Waals surface area contributed by atoms with Gasteiger partial charge in [-0.25, -0.2) is 0 Å². The van der Waals surface area contributed by atoms with E-state index in [0.29, 0.717) is 5.92 Å². The molecule has 4 heteroatoms. The lowest BCUT2D eigenvalue weighted by molar-refractivity contribution is 0.0856. The van der Waals surface area contributed by atoms with Crippen LogP contribution in [0.4, 0.5) is 0 Å². The molecule has 1 aromatic heterocycles. The van der Waals surface area contributed by atoms with Gasteiger partial charge in [0, 0.05) is 25.1 Å². The minimum absolute atomic E-state index is 0.581. The van der Waals surface area contributed by atoms with Crippen molar-refractivity contribution in [2.45, 2.75) is 25.2 Å². The summed E-state index contributed by atoms with van der Waals surface area (Å²) in [7, 11) is 0. The van der Waals surface area contributed by atoms with E-state index < -0.39 is 0 Å². The molecule has 1 aromatic carbocycles. The zero-order valence-electron chi connectivity index (χ0n) is 12.2. The molecule has 0 saturated carbocycles. The van der Waals surface area contributed by atoms with Crippen LogP contribution in [-0.4, -0.2) is 36.5 Å². The van der Waals surface area contributed by atoms with Crippen LogP contribution in [0.3, 0.4) is 0 Å². The molecule has 1 fully saturated rings. The maximum Gasteiger partial charge on any atom is 0.0962 e. The van der Waals surface area contributed by atoms with E-state index in [2.05, 4.69) is 39.8 Å². The van der Waals surface area contributed by atoms with Crippen molar-refractivity contribution in [2.75, 3.05) is 26.3 Å². The zero-order valence-corrected chi connectivity index (χ0v) is 12.2. The third kappa shape index (κ3) is 2.39. The lowest BCUT2D eigenvalue weighted by Gasteiger charge is -2.22. The van der Waals surface area contributed by atoms with Crippen molar-refractivity contribution in [1.29, 1.82) is 0 Å². The first-order valence-electron chi connectivity index (χ1n) is 7.88. The van der Waals surface area contributed by atoms with Crippen molar-refractivity contribution in [1.82, 2.24) is 15.5 Å². The van der Waals surface area contributed by atoms with Crippen molar-refractivity contribution in [3.05, 3.63) is 35.5 Å². The van der Waals surface area contributed by atoms with Crippen molar-refractivity contribution in [3.63, 3.8) is 0 Å². The van der Waals surface area contributed by atoms with Gasteiger partial charge in [0.15, 0.2) is 0 Å². The predicted octanol–water partition coefficient (Wildman–Crippen LogP) is 2.83. The third-order valence-electron chi connectivity index (χ3n) is 4.63. The second-order valence-electron chi connectivity index (χ2n) is 5.92. The number of para-hydroxylation sites is 1. The molecule has 1 saturated heterocycles. The normalized spacial score (nSPS) is 20.7. The first-order valence-corrected chi connectivity index (χ1v) is 7.88. The second kappa shape index (κ2) is 5.62. The Bertz CT molecular complexity index is 668. The van der Waals surface area contributed by atoms with E-state index in [9.17, 15) is 0 Å². The van der Waals surface area contributed by atoms with E-state index in [1.54, 1.807) is 0 Å². The van der Waals surface area contributed by atoms with Crippen LogP contribution < -0.4 is 5.32 Å². The van der Waals surface area contributed by atoms with E-state index in [1.807, 2.05) is 0 Å². The number of nitrogens with zero attached hydrogens (tertiary/aromatic N) is 1. The minimum Gasteiger partial charge on any atom is -0.381 e. The lowest BCUT2D eigenvalue weighted by atomic mass is 9.89. The Labute approximate surface area is 124 Å². The van der Waals surface area contributed by atoms with E-state index >= 15 is 0 Å². The molecule has 0 unspecified atom stereocenters. The van der Waals surface area contributed by atoms with Gasteiger partial charge in [0.2, 0.25) is 0 Å². The Morgan fingerprint density at radius 3 is 2.90 bits per heavy atom. The summed E-state index contributed by atoms with van der Waals surface area (Å²) in [5.41, 5.74) is 5.05. The van der Waals surface area contributed by atoms with Gasteiger partial charge >= 0.3 is 0 Å². The molecule has 2 aromatic rings. The topological polar surface area (TPSA) is 49.9 Å². The summed E-state index contributed by atoms with van der Waals surface area (Å²) in [6, 6.07) is 6.59. The molecule has 21 heavy (non-hydrogen) atoms. The first-order chi connectivity index (χ1) is 10.4. The summed E-state index contributed by atoms with van der Waals surface area (Å²) in [6.07, 6.45) is 5.62. The molecule has 0 bridgehead atoms. The number of H-pyrrole nitrogens is 1. The zero-order chi connectivity index (χ0) is 14.1. The quantitative estimate of drug-likeness (QED) is 0.891. The first kappa shape index (κ1) is 13.0. The number of aromatic amines is 1. The van der Waals surface area contributed by atoms with Gasteiger partial charge in [-0.3, -0.25) is 5.10 Å². The van der Waals surface area contributed by atoms with Crippen LogP contribution in [0, 0.1) is 0 Å². The van der Waals surface area contributed by atoms with Crippen molar-refractivity contribution in [2.24, 2.45) is 0 Å². The van der Waals surface area contributed by atoms with Gasteiger partial charge in [-0.15, -0.1) is 0 Å². The summed E-state index contributed by atoms with van der Waals surface area (Å²) in [5, 5.41) is 12.6. The summed E-state index contributed by atoms with van der Waals surface area (Å²) in [5.74, 6) is 0.581. The second-order valence-corrected chi connectivity index (χ2v) is 5.92. The van der Waals surface area contributed by atoms with Gasteiger partial charge in [-0.05, 0) is 42.9 Å². The van der Waals surface area contributed by atoms with Crippen LogP contribution in [0.1, 0.15) is 36.4 Å². The maximum absolute atomic E-state index is 5.49. The summed E-state index contributed by atoms with van der Waals surface area (Å²) < 4.78 is 5.49. The summed E-state index contributed by atoms with van der Waals surface area (Å²) >= 11 is 0. The van der Waals surface area contributed by atoms with Crippen molar-refractivity contribution in [3.8, 4) is 0 Å². The number of rotatable bonds is 2. The minimum atomic E-state index is 0.581. The summed E-state index contributed by atoms with van der Waals surface area (Å²) in [6.45, 7) is 3.74. The van der Waals surface area contributed by atoms with Crippen LogP contribution in [0.25, 0.3) is 16.5 Å². The van der Waals surface area contributed by atoms with Crippen LogP contribution in [0.2, 0.25) is 0 Å². The molecule has 4 rings (SSSR count). The van der Waals surface area contributed by atoms with E-state index in [-0.39, 0.29) is 0 Å². The van der Waals surface area contributed by atoms with E-state index in [1.165, 1.54) is 22.2 Å². The van der Waals surface area contributed by atoms with Crippen molar-refractivity contribution >= 4 is 16.5 Å². The number of hydrogen-bond donors (Lipinski definition) is 2. The highest BCUT2D eigenvalue weighted by atomic mass is 16.5. The lowest BCUT2D eigenvalue weighted by Crippen LogP contribution is -2.21. The largest absolute Gasteiger partial charge is 0.381 e. The Hall–Kier alpha value is -1.65. The van der Waals surface area contributed by atoms with Gasteiger partial charge in [0.1, 0.15) is 0 Å². The smallest absolute Gasteiger partial charge is 0.0962 e. The van der Waals surface area contributed by atoms with Gasteiger partial charge in [-0.1, -0.05) is 24.3 Å². The fourth-order valence-corrected chi connectivity index (χ4v) is 3.48. The van der Waals surface area contributed by atoms with Gasteiger partial charge in [0.25, 0.3) is 0 Å². The molecular weight excluding hydrogens is 262 g/mol.